The van der Waals surface area contributed by atoms with Crippen molar-refractivity contribution in [1.82, 2.24) is 9.88 Å². The van der Waals surface area contributed by atoms with Crippen molar-refractivity contribution in [1.29, 1.82) is 0 Å². The topological polar surface area (TPSA) is 36.4 Å². The van der Waals surface area contributed by atoms with Gasteiger partial charge in [-0.2, -0.15) is 0 Å². The first-order valence-electron chi connectivity index (χ1n) is 8.91. The first kappa shape index (κ1) is 17.5. The second kappa shape index (κ2) is 7.00. The van der Waals surface area contributed by atoms with Crippen molar-refractivity contribution in [3.63, 3.8) is 0 Å². The lowest BCUT2D eigenvalue weighted by molar-refractivity contribution is -0.121. The molecule has 2 aromatic rings. The van der Waals surface area contributed by atoms with E-state index in [-0.39, 0.29) is 5.91 Å². The molecule has 4 rings (SSSR count). The number of hydrogen-bond acceptors (Lipinski definition) is 5. The Labute approximate surface area is 163 Å². The molecule has 0 atom stereocenters. The summed E-state index contributed by atoms with van der Waals surface area (Å²) in [7, 11) is 1.73. The Balaban J connectivity index is 1.86. The lowest BCUT2D eigenvalue weighted by Crippen LogP contribution is -2.30. The number of aromatic nitrogens is 1. The van der Waals surface area contributed by atoms with Crippen LogP contribution in [0.15, 0.2) is 29.2 Å². The van der Waals surface area contributed by atoms with E-state index in [0.29, 0.717) is 9.23 Å². The summed E-state index contributed by atoms with van der Waals surface area (Å²) in [4.78, 5) is 22.0. The van der Waals surface area contributed by atoms with Gasteiger partial charge >= 0.3 is 0 Å². The van der Waals surface area contributed by atoms with Gasteiger partial charge in [-0.05, 0) is 43.9 Å². The molecule has 2 aliphatic heterocycles. The van der Waals surface area contributed by atoms with E-state index < -0.39 is 0 Å². The number of rotatable bonds is 2. The number of amides is 1. The van der Waals surface area contributed by atoms with Crippen molar-refractivity contribution in [2.24, 2.45) is 0 Å². The molecule has 0 radical (unpaired) electrons. The standard InChI is InChI=1S/C20H21N3OS2/c1-13-7-6-8-14-11-15(12-16-19(24)22(2)20(25)26-16)18(21-17(13)14)23-9-4-3-5-10-23/h6-8,11-12H,3-5,9-10H2,1-2H3/b16-12-. The highest BCUT2D eigenvalue weighted by molar-refractivity contribution is 8.26. The smallest absolute Gasteiger partial charge is 0.265 e. The fourth-order valence-electron chi connectivity index (χ4n) is 3.51. The summed E-state index contributed by atoms with van der Waals surface area (Å²) >= 11 is 6.63. The van der Waals surface area contributed by atoms with Gasteiger partial charge < -0.3 is 4.90 Å². The van der Waals surface area contributed by atoms with Crippen LogP contribution in [-0.2, 0) is 4.79 Å². The predicted octanol–water partition coefficient (Wildman–Crippen LogP) is 4.36. The summed E-state index contributed by atoms with van der Waals surface area (Å²) in [5, 5.41) is 1.10. The van der Waals surface area contributed by atoms with Crippen molar-refractivity contribution in [2.45, 2.75) is 26.2 Å². The number of anilines is 1. The number of nitrogens with zero attached hydrogens (tertiary/aromatic N) is 3. The average Bonchev–Trinajstić information content (AvgIpc) is 2.89. The SMILES string of the molecule is Cc1cccc2cc(/C=C3\SC(=S)N(C)C3=O)c(N3CCCCC3)nc12. The molecule has 0 spiro atoms. The summed E-state index contributed by atoms with van der Waals surface area (Å²) in [6.45, 7) is 4.12. The van der Waals surface area contributed by atoms with E-state index in [2.05, 4.69) is 36.1 Å². The van der Waals surface area contributed by atoms with Crippen LogP contribution in [0.25, 0.3) is 17.0 Å². The molecule has 0 N–H and O–H groups in total. The van der Waals surface area contributed by atoms with Gasteiger partial charge in [-0.1, -0.05) is 42.2 Å². The predicted molar refractivity (Wildman–Crippen MR) is 113 cm³/mol. The molecule has 26 heavy (non-hydrogen) atoms. The molecular formula is C20H21N3OS2. The summed E-state index contributed by atoms with van der Waals surface area (Å²) in [5.74, 6) is 0.946. The summed E-state index contributed by atoms with van der Waals surface area (Å²) < 4.78 is 0.602. The monoisotopic (exact) mass is 383 g/mol. The molecule has 4 nitrogen and oxygen atoms in total. The third kappa shape index (κ3) is 3.12. The Morgan fingerprint density at radius 2 is 2.00 bits per heavy atom. The van der Waals surface area contributed by atoms with Crippen LogP contribution in [0.2, 0.25) is 0 Å². The number of thiocarbonyl (C=S) groups is 1. The largest absolute Gasteiger partial charge is 0.356 e. The molecule has 1 aromatic heterocycles. The molecule has 0 aliphatic carbocycles. The fourth-order valence-corrected chi connectivity index (χ4v) is 4.68. The van der Waals surface area contributed by atoms with Crippen molar-refractivity contribution >= 4 is 57.0 Å². The van der Waals surface area contributed by atoms with Crippen LogP contribution in [-0.4, -0.2) is 40.2 Å². The summed E-state index contributed by atoms with van der Waals surface area (Å²) in [6, 6.07) is 8.38. The Morgan fingerprint density at radius 1 is 1.23 bits per heavy atom. The summed E-state index contributed by atoms with van der Waals surface area (Å²) in [6.07, 6.45) is 5.60. The Kier molecular flexibility index (Phi) is 4.71. The van der Waals surface area contributed by atoms with Crippen molar-refractivity contribution in [3.8, 4) is 0 Å². The second-order valence-electron chi connectivity index (χ2n) is 6.84. The maximum Gasteiger partial charge on any atom is 0.265 e. The molecule has 2 saturated heterocycles. The number of para-hydroxylation sites is 1. The van der Waals surface area contributed by atoms with E-state index in [9.17, 15) is 4.79 Å². The number of thioether (sulfide) groups is 1. The highest BCUT2D eigenvalue weighted by Crippen LogP contribution is 2.35. The van der Waals surface area contributed by atoms with Gasteiger partial charge in [0.25, 0.3) is 5.91 Å². The average molecular weight is 384 g/mol. The number of aryl methyl sites for hydroxylation is 1. The van der Waals surface area contributed by atoms with Crippen molar-refractivity contribution in [3.05, 3.63) is 40.3 Å². The molecule has 6 heteroatoms. The van der Waals surface area contributed by atoms with E-state index in [1.165, 1.54) is 41.5 Å². The molecule has 134 valence electrons. The minimum atomic E-state index is -0.0334. The molecule has 1 amide bonds. The quantitative estimate of drug-likeness (QED) is 0.569. The molecule has 0 unspecified atom stereocenters. The number of likely N-dealkylation sites (N-methyl/N-ethyl adjacent to an activating group) is 1. The minimum Gasteiger partial charge on any atom is -0.356 e. The first-order valence-corrected chi connectivity index (χ1v) is 10.1. The Bertz CT molecular complexity index is 932. The number of piperidine rings is 1. The normalized spacial score (nSPS) is 19.8. The van der Waals surface area contributed by atoms with Gasteiger partial charge in [-0.15, -0.1) is 0 Å². The number of fused-ring (bicyclic) bond motifs is 1. The van der Waals surface area contributed by atoms with Crippen molar-refractivity contribution in [2.75, 3.05) is 25.0 Å². The highest BCUT2D eigenvalue weighted by atomic mass is 32.2. The number of pyridine rings is 1. The van der Waals surface area contributed by atoms with Gasteiger partial charge in [0, 0.05) is 31.1 Å². The number of benzene rings is 1. The fraction of sp³-hybridized carbons (Fsp3) is 0.350. The number of carbonyl (C=O) groups is 1. The van der Waals surface area contributed by atoms with Gasteiger partial charge in [0.2, 0.25) is 0 Å². The maximum atomic E-state index is 12.4. The van der Waals surface area contributed by atoms with Gasteiger partial charge in [-0.25, -0.2) is 4.98 Å². The third-order valence-electron chi connectivity index (χ3n) is 4.98. The molecule has 2 fully saturated rings. The zero-order valence-electron chi connectivity index (χ0n) is 15.0. The molecule has 2 aliphatic rings. The van der Waals surface area contributed by atoms with Crippen LogP contribution in [0.1, 0.15) is 30.4 Å². The van der Waals surface area contributed by atoms with Crippen LogP contribution in [0, 0.1) is 6.92 Å². The Hall–Kier alpha value is -1.92. The van der Waals surface area contributed by atoms with Gasteiger partial charge in [-0.3, -0.25) is 9.69 Å². The van der Waals surface area contributed by atoms with E-state index in [0.717, 1.165) is 35.4 Å². The van der Waals surface area contributed by atoms with Crippen molar-refractivity contribution < 1.29 is 4.79 Å². The zero-order valence-corrected chi connectivity index (χ0v) is 16.6. The minimum absolute atomic E-state index is 0.0334. The van der Waals surface area contributed by atoms with Crippen LogP contribution in [0.4, 0.5) is 5.82 Å². The molecular weight excluding hydrogens is 362 g/mol. The maximum absolute atomic E-state index is 12.4. The molecule has 0 saturated carbocycles. The van der Waals surface area contributed by atoms with Crippen LogP contribution in [0.5, 0.6) is 0 Å². The molecule has 1 aromatic carbocycles. The third-order valence-corrected chi connectivity index (χ3v) is 6.47. The van der Waals surface area contributed by atoms with E-state index in [4.69, 9.17) is 17.2 Å². The molecule has 0 bridgehead atoms. The van der Waals surface area contributed by atoms with E-state index >= 15 is 0 Å². The summed E-state index contributed by atoms with van der Waals surface area (Å²) in [5.41, 5.74) is 3.21. The van der Waals surface area contributed by atoms with E-state index in [1.54, 1.807) is 7.05 Å². The van der Waals surface area contributed by atoms with Gasteiger partial charge in [0.15, 0.2) is 0 Å². The van der Waals surface area contributed by atoms with Gasteiger partial charge in [0.05, 0.1) is 10.4 Å². The molecule has 3 heterocycles. The van der Waals surface area contributed by atoms with Gasteiger partial charge in [0.1, 0.15) is 10.1 Å². The first-order chi connectivity index (χ1) is 12.5. The van der Waals surface area contributed by atoms with E-state index in [1.807, 2.05) is 6.08 Å². The Morgan fingerprint density at radius 3 is 2.69 bits per heavy atom. The van der Waals surface area contributed by atoms with Crippen LogP contribution < -0.4 is 4.90 Å². The highest BCUT2D eigenvalue weighted by Gasteiger charge is 2.29. The lowest BCUT2D eigenvalue weighted by Gasteiger charge is -2.29. The zero-order chi connectivity index (χ0) is 18.3. The second-order valence-corrected chi connectivity index (χ2v) is 8.51. The van der Waals surface area contributed by atoms with Crippen LogP contribution in [0.3, 0.4) is 0 Å². The lowest BCUT2D eigenvalue weighted by atomic mass is 10.1. The van der Waals surface area contributed by atoms with Crippen LogP contribution >= 0.6 is 24.0 Å². The number of hydrogen-bond donors (Lipinski definition) is 0. The number of carbonyl (C=O) groups excluding carboxylic acids is 1.